The summed E-state index contributed by atoms with van der Waals surface area (Å²) in [5.74, 6) is -1.79. The topological polar surface area (TPSA) is 23.8 Å². The van der Waals surface area contributed by atoms with Gasteiger partial charge in [-0.05, 0) is 29.8 Å². The standard InChI is InChI=1S/C14H6F5N/c15-10-3-4-11(13(16)6-10)8-1-2-9(7-20)12(5-8)14(17,18)19/h1-6H. The molecule has 0 heterocycles. The number of rotatable bonds is 1. The summed E-state index contributed by atoms with van der Waals surface area (Å²) in [6.45, 7) is 0. The van der Waals surface area contributed by atoms with Crippen LogP contribution in [0.15, 0.2) is 36.4 Å². The predicted molar refractivity (Wildman–Crippen MR) is 61.5 cm³/mol. The number of alkyl halides is 3. The lowest BCUT2D eigenvalue weighted by Crippen LogP contribution is -2.08. The van der Waals surface area contributed by atoms with Crippen LogP contribution >= 0.6 is 0 Å². The molecule has 2 rings (SSSR count). The van der Waals surface area contributed by atoms with Crippen molar-refractivity contribution in [3.05, 3.63) is 59.2 Å². The van der Waals surface area contributed by atoms with Gasteiger partial charge in [-0.1, -0.05) is 6.07 Å². The van der Waals surface area contributed by atoms with Crippen molar-refractivity contribution in [2.75, 3.05) is 0 Å². The first-order valence-electron chi connectivity index (χ1n) is 5.39. The molecule has 2 aromatic rings. The number of halogens is 5. The van der Waals surface area contributed by atoms with E-state index in [0.29, 0.717) is 12.1 Å². The monoisotopic (exact) mass is 283 g/mol. The van der Waals surface area contributed by atoms with Gasteiger partial charge in [0.25, 0.3) is 0 Å². The third-order valence-electron chi connectivity index (χ3n) is 2.69. The third kappa shape index (κ3) is 2.62. The van der Waals surface area contributed by atoms with E-state index in [-0.39, 0.29) is 11.1 Å². The Morgan fingerprint density at radius 3 is 2.20 bits per heavy atom. The molecule has 6 heteroatoms. The minimum atomic E-state index is -4.72. The van der Waals surface area contributed by atoms with Gasteiger partial charge in [-0.3, -0.25) is 0 Å². The molecule has 0 unspecified atom stereocenters. The largest absolute Gasteiger partial charge is 0.417 e. The molecule has 0 aliphatic heterocycles. The Labute approximate surface area is 110 Å². The van der Waals surface area contributed by atoms with Crippen molar-refractivity contribution < 1.29 is 22.0 Å². The highest BCUT2D eigenvalue weighted by Gasteiger charge is 2.34. The summed E-state index contributed by atoms with van der Waals surface area (Å²) in [5.41, 5.74) is -1.94. The van der Waals surface area contributed by atoms with Gasteiger partial charge in [-0.15, -0.1) is 0 Å². The maximum Gasteiger partial charge on any atom is 0.417 e. The van der Waals surface area contributed by atoms with Crippen LogP contribution < -0.4 is 0 Å². The highest BCUT2D eigenvalue weighted by Crippen LogP contribution is 2.35. The molecule has 0 bridgehead atoms. The Morgan fingerprint density at radius 1 is 0.950 bits per heavy atom. The average Bonchev–Trinajstić information content (AvgIpc) is 2.37. The molecule has 0 saturated heterocycles. The van der Waals surface area contributed by atoms with Crippen molar-refractivity contribution in [3.8, 4) is 17.2 Å². The summed E-state index contributed by atoms with van der Waals surface area (Å²) in [7, 11) is 0. The SMILES string of the molecule is N#Cc1ccc(-c2ccc(F)cc2F)cc1C(F)(F)F. The lowest BCUT2D eigenvalue weighted by molar-refractivity contribution is -0.137. The van der Waals surface area contributed by atoms with Crippen LogP contribution in [0.3, 0.4) is 0 Å². The van der Waals surface area contributed by atoms with Crippen LogP contribution in [0.2, 0.25) is 0 Å². The number of hydrogen-bond acceptors (Lipinski definition) is 1. The molecule has 0 aromatic heterocycles. The van der Waals surface area contributed by atoms with Gasteiger partial charge in [0.05, 0.1) is 17.2 Å². The van der Waals surface area contributed by atoms with Gasteiger partial charge >= 0.3 is 6.18 Å². The second kappa shape index (κ2) is 4.93. The maximum atomic E-state index is 13.6. The van der Waals surface area contributed by atoms with Crippen LogP contribution in [0, 0.1) is 23.0 Å². The Morgan fingerprint density at radius 2 is 1.65 bits per heavy atom. The van der Waals surface area contributed by atoms with Crippen LogP contribution in [0.1, 0.15) is 11.1 Å². The lowest BCUT2D eigenvalue weighted by atomic mass is 9.99. The summed E-state index contributed by atoms with van der Waals surface area (Å²) in [4.78, 5) is 0. The lowest BCUT2D eigenvalue weighted by Gasteiger charge is -2.11. The third-order valence-corrected chi connectivity index (χ3v) is 2.69. The van der Waals surface area contributed by atoms with Crippen molar-refractivity contribution in [1.82, 2.24) is 0 Å². The fourth-order valence-electron chi connectivity index (χ4n) is 1.77. The molecule has 0 atom stereocenters. The van der Waals surface area contributed by atoms with Crippen LogP contribution in [-0.2, 0) is 6.18 Å². The fraction of sp³-hybridized carbons (Fsp3) is 0.0714. The van der Waals surface area contributed by atoms with E-state index in [4.69, 9.17) is 5.26 Å². The predicted octanol–water partition coefficient (Wildman–Crippen LogP) is 4.52. The van der Waals surface area contributed by atoms with Gasteiger partial charge in [0.1, 0.15) is 11.6 Å². The summed E-state index contributed by atoms with van der Waals surface area (Å²) in [5, 5.41) is 8.66. The molecule has 0 aliphatic rings. The van der Waals surface area contributed by atoms with Gasteiger partial charge < -0.3 is 0 Å². The number of nitrogens with zero attached hydrogens (tertiary/aromatic N) is 1. The fourth-order valence-corrected chi connectivity index (χ4v) is 1.77. The molecule has 0 fully saturated rings. The summed E-state index contributed by atoms with van der Waals surface area (Å²) < 4.78 is 64.7. The zero-order chi connectivity index (χ0) is 14.9. The maximum absolute atomic E-state index is 13.6. The quantitative estimate of drug-likeness (QED) is 0.706. The van der Waals surface area contributed by atoms with E-state index in [0.717, 1.165) is 18.2 Å². The molecule has 2 aromatic carbocycles. The molecular formula is C14H6F5N. The highest BCUT2D eigenvalue weighted by molar-refractivity contribution is 5.66. The van der Waals surface area contributed by atoms with Crippen molar-refractivity contribution in [3.63, 3.8) is 0 Å². The van der Waals surface area contributed by atoms with Crippen LogP contribution in [0.5, 0.6) is 0 Å². The molecule has 20 heavy (non-hydrogen) atoms. The van der Waals surface area contributed by atoms with E-state index in [2.05, 4.69) is 0 Å². The Balaban J connectivity index is 2.63. The number of nitriles is 1. The number of benzene rings is 2. The van der Waals surface area contributed by atoms with E-state index in [1.807, 2.05) is 0 Å². The van der Waals surface area contributed by atoms with Gasteiger partial charge in [0, 0.05) is 11.6 Å². The van der Waals surface area contributed by atoms with E-state index in [1.165, 1.54) is 12.1 Å². The summed E-state index contributed by atoms with van der Waals surface area (Å²) in [6.07, 6.45) is -4.72. The zero-order valence-electron chi connectivity index (χ0n) is 9.80. The smallest absolute Gasteiger partial charge is 0.207 e. The molecule has 0 saturated carbocycles. The minimum absolute atomic E-state index is 0.0752. The van der Waals surface area contributed by atoms with Crippen LogP contribution in [0.4, 0.5) is 22.0 Å². The summed E-state index contributed by atoms with van der Waals surface area (Å²) >= 11 is 0. The van der Waals surface area contributed by atoms with E-state index >= 15 is 0 Å². The molecule has 1 nitrogen and oxygen atoms in total. The Kier molecular flexibility index (Phi) is 3.45. The second-order valence-electron chi connectivity index (χ2n) is 3.99. The zero-order valence-corrected chi connectivity index (χ0v) is 9.80. The Bertz CT molecular complexity index is 698. The molecule has 0 aliphatic carbocycles. The Hall–Kier alpha value is -2.42. The van der Waals surface area contributed by atoms with Crippen molar-refractivity contribution >= 4 is 0 Å². The highest BCUT2D eigenvalue weighted by atomic mass is 19.4. The van der Waals surface area contributed by atoms with E-state index in [1.54, 1.807) is 0 Å². The van der Waals surface area contributed by atoms with E-state index in [9.17, 15) is 22.0 Å². The molecular weight excluding hydrogens is 277 g/mol. The first kappa shape index (κ1) is 14.0. The molecule has 0 amide bonds. The minimum Gasteiger partial charge on any atom is -0.207 e. The summed E-state index contributed by atoms with van der Waals surface area (Å²) in [6, 6.07) is 6.83. The molecule has 0 radical (unpaired) electrons. The first-order valence-corrected chi connectivity index (χ1v) is 5.39. The van der Waals surface area contributed by atoms with Gasteiger partial charge in [0.2, 0.25) is 0 Å². The van der Waals surface area contributed by atoms with Gasteiger partial charge in [-0.2, -0.15) is 18.4 Å². The first-order chi connectivity index (χ1) is 9.32. The normalized spacial score (nSPS) is 11.2. The second-order valence-corrected chi connectivity index (χ2v) is 3.99. The van der Waals surface area contributed by atoms with Crippen molar-refractivity contribution in [2.24, 2.45) is 0 Å². The number of hydrogen-bond donors (Lipinski definition) is 0. The molecule has 0 spiro atoms. The molecule has 102 valence electrons. The van der Waals surface area contributed by atoms with Crippen molar-refractivity contribution in [2.45, 2.75) is 6.18 Å². The van der Waals surface area contributed by atoms with Crippen LogP contribution in [0.25, 0.3) is 11.1 Å². The molecule has 0 N–H and O–H groups in total. The van der Waals surface area contributed by atoms with Gasteiger partial charge in [-0.25, -0.2) is 8.78 Å². The van der Waals surface area contributed by atoms with E-state index < -0.39 is 28.9 Å². The van der Waals surface area contributed by atoms with Crippen LogP contribution in [-0.4, -0.2) is 0 Å². The van der Waals surface area contributed by atoms with Crippen molar-refractivity contribution in [1.29, 1.82) is 5.26 Å². The average molecular weight is 283 g/mol. The van der Waals surface area contributed by atoms with Gasteiger partial charge in [0.15, 0.2) is 0 Å².